The van der Waals surface area contributed by atoms with Crippen LogP contribution in [0.5, 0.6) is 0 Å². The smallest absolute Gasteiger partial charge is 0.290 e. The van der Waals surface area contributed by atoms with Crippen molar-refractivity contribution in [2.45, 2.75) is 18.9 Å². The van der Waals surface area contributed by atoms with Crippen LogP contribution in [0.25, 0.3) is 22.3 Å². The number of nitrogens with two attached hydrogens (primary N) is 1. The maximum atomic E-state index is 13.2. The molecule has 186 valence electrons. The molecule has 4 aromatic rings. The van der Waals surface area contributed by atoms with Crippen molar-refractivity contribution in [2.75, 3.05) is 37.8 Å². The summed E-state index contributed by atoms with van der Waals surface area (Å²) in [4.78, 5) is 42.5. The van der Waals surface area contributed by atoms with Crippen LogP contribution in [0.4, 0.5) is 11.4 Å². The molecule has 0 bridgehead atoms. The number of carbonyl (C=O) groups is 2. The average molecular weight is 488 g/mol. The summed E-state index contributed by atoms with van der Waals surface area (Å²) in [6.45, 7) is 1.79. The van der Waals surface area contributed by atoms with Crippen LogP contribution < -0.4 is 10.6 Å². The van der Waals surface area contributed by atoms with Crippen LogP contribution in [0.2, 0.25) is 0 Å². The number of imidazole rings is 1. The largest absolute Gasteiger partial charge is 0.483 e. The predicted octanol–water partition coefficient (Wildman–Crippen LogP) is 3.06. The number of aromatic amines is 1. The number of piperidine rings is 1. The molecular formula is C26H29N7O3. The van der Waals surface area contributed by atoms with E-state index in [-0.39, 0.29) is 12.3 Å². The van der Waals surface area contributed by atoms with Gasteiger partial charge in [-0.25, -0.2) is 4.98 Å². The summed E-state index contributed by atoms with van der Waals surface area (Å²) in [5.41, 5.74) is 11.1. The number of carboxylic acid groups (broad SMARTS) is 1. The Kier molecular flexibility index (Phi) is 7.55. The van der Waals surface area contributed by atoms with Crippen LogP contribution in [-0.2, 0) is 4.79 Å². The zero-order valence-electron chi connectivity index (χ0n) is 20.3. The number of hydrogen-bond acceptors (Lipinski definition) is 8. The Hall–Kier alpha value is -4.31. The highest BCUT2D eigenvalue weighted by Crippen LogP contribution is 2.26. The molecular weight excluding hydrogens is 458 g/mol. The number of benzene rings is 1. The molecule has 0 radical (unpaired) electrons. The molecule has 1 fully saturated rings. The van der Waals surface area contributed by atoms with Gasteiger partial charge in [0.05, 0.1) is 22.4 Å². The fourth-order valence-corrected chi connectivity index (χ4v) is 4.41. The number of hydrogen-bond donors (Lipinski definition) is 3. The standard InChI is InChI=1S/C25H27N7O.CH2O2/c1-31(2)19-6-9-32(10-7-19)20-3-4-21-23(13-20)30-25(29-21)24(33)16-5-8-28-22(12-16)17-11-18(26)15-27-14-17;2-1-3/h3-5,8,11-15,19H,6-7,9-10,26H2,1-2H3,(H,29,30);1H,(H,2,3). The highest BCUT2D eigenvalue weighted by atomic mass is 16.3. The van der Waals surface area contributed by atoms with E-state index in [1.54, 1.807) is 36.8 Å². The lowest BCUT2D eigenvalue weighted by atomic mass is 10.0. The zero-order chi connectivity index (χ0) is 25.7. The molecule has 4 N–H and O–H groups in total. The first-order valence-electron chi connectivity index (χ1n) is 11.6. The molecule has 1 aliphatic rings. The van der Waals surface area contributed by atoms with E-state index in [4.69, 9.17) is 15.6 Å². The molecule has 10 nitrogen and oxygen atoms in total. The summed E-state index contributed by atoms with van der Waals surface area (Å²) in [6, 6.07) is 12.0. The van der Waals surface area contributed by atoms with E-state index in [0.29, 0.717) is 28.8 Å². The Morgan fingerprint density at radius 2 is 1.92 bits per heavy atom. The number of pyridine rings is 2. The van der Waals surface area contributed by atoms with Gasteiger partial charge in [-0.15, -0.1) is 0 Å². The highest BCUT2D eigenvalue weighted by Gasteiger charge is 2.21. The summed E-state index contributed by atoms with van der Waals surface area (Å²) in [5, 5.41) is 6.89. The van der Waals surface area contributed by atoms with Crippen molar-refractivity contribution in [1.29, 1.82) is 0 Å². The van der Waals surface area contributed by atoms with Gasteiger partial charge in [0.2, 0.25) is 5.78 Å². The molecule has 0 spiro atoms. The molecule has 10 heteroatoms. The zero-order valence-corrected chi connectivity index (χ0v) is 20.3. The second kappa shape index (κ2) is 11.0. The highest BCUT2D eigenvalue weighted by molar-refractivity contribution is 6.08. The van der Waals surface area contributed by atoms with Gasteiger partial charge < -0.3 is 25.6 Å². The molecule has 1 saturated heterocycles. The van der Waals surface area contributed by atoms with Gasteiger partial charge in [-0.2, -0.15) is 0 Å². The first kappa shape index (κ1) is 24.8. The van der Waals surface area contributed by atoms with Crippen molar-refractivity contribution in [3.8, 4) is 11.3 Å². The molecule has 0 amide bonds. The average Bonchev–Trinajstić information content (AvgIpc) is 3.32. The summed E-state index contributed by atoms with van der Waals surface area (Å²) >= 11 is 0. The number of H-pyrrole nitrogens is 1. The monoisotopic (exact) mass is 487 g/mol. The van der Waals surface area contributed by atoms with Crippen LogP contribution in [-0.4, -0.2) is 75.4 Å². The molecule has 4 heterocycles. The second-order valence-electron chi connectivity index (χ2n) is 8.84. The van der Waals surface area contributed by atoms with E-state index in [9.17, 15) is 4.79 Å². The number of nitrogen functional groups attached to an aromatic ring is 1. The number of carbonyl (C=O) groups excluding carboxylic acids is 1. The molecule has 1 aromatic carbocycles. The normalized spacial score (nSPS) is 13.9. The third kappa shape index (κ3) is 5.49. The van der Waals surface area contributed by atoms with E-state index in [1.807, 2.05) is 6.07 Å². The van der Waals surface area contributed by atoms with E-state index < -0.39 is 0 Å². The number of rotatable bonds is 5. The van der Waals surface area contributed by atoms with Crippen molar-refractivity contribution in [2.24, 2.45) is 0 Å². The number of nitrogens with zero attached hydrogens (tertiary/aromatic N) is 5. The van der Waals surface area contributed by atoms with Gasteiger partial charge in [-0.05, 0) is 63.3 Å². The van der Waals surface area contributed by atoms with Crippen molar-refractivity contribution < 1.29 is 14.7 Å². The van der Waals surface area contributed by atoms with Gasteiger partial charge in [-0.3, -0.25) is 19.6 Å². The Morgan fingerprint density at radius 1 is 1.17 bits per heavy atom. The number of ketones is 1. The summed E-state index contributed by atoms with van der Waals surface area (Å²) < 4.78 is 0. The minimum Gasteiger partial charge on any atom is -0.483 e. The van der Waals surface area contributed by atoms with Crippen LogP contribution in [0.1, 0.15) is 29.0 Å². The first-order valence-corrected chi connectivity index (χ1v) is 11.6. The van der Waals surface area contributed by atoms with Crippen molar-refractivity contribution >= 4 is 34.7 Å². The van der Waals surface area contributed by atoms with E-state index in [1.165, 1.54) is 0 Å². The van der Waals surface area contributed by atoms with Gasteiger partial charge in [0.1, 0.15) is 0 Å². The molecule has 5 rings (SSSR count). The van der Waals surface area contributed by atoms with Crippen LogP contribution in [0.15, 0.2) is 55.0 Å². The Labute approximate surface area is 208 Å². The number of aromatic nitrogens is 4. The first-order chi connectivity index (χ1) is 17.4. The SMILES string of the molecule is CN(C)C1CCN(c2ccc3nc(C(=O)c4ccnc(-c5cncc(N)c5)c4)[nH]c3c2)CC1.O=CO. The van der Waals surface area contributed by atoms with Crippen molar-refractivity contribution in [3.63, 3.8) is 0 Å². The minimum absolute atomic E-state index is 0.181. The third-order valence-electron chi connectivity index (χ3n) is 6.32. The molecule has 3 aromatic heterocycles. The summed E-state index contributed by atoms with van der Waals surface area (Å²) in [5.74, 6) is 0.136. The minimum atomic E-state index is -0.250. The molecule has 1 aliphatic heterocycles. The summed E-state index contributed by atoms with van der Waals surface area (Å²) in [6.07, 6.45) is 7.15. The molecule has 0 saturated carbocycles. The van der Waals surface area contributed by atoms with Crippen molar-refractivity contribution in [1.82, 2.24) is 24.8 Å². The maximum Gasteiger partial charge on any atom is 0.290 e. The van der Waals surface area contributed by atoms with E-state index >= 15 is 0 Å². The third-order valence-corrected chi connectivity index (χ3v) is 6.32. The Balaban J connectivity index is 0.000000967. The maximum absolute atomic E-state index is 13.2. The molecule has 36 heavy (non-hydrogen) atoms. The lowest BCUT2D eigenvalue weighted by Gasteiger charge is -2.36. The van der Waals surface area contributed by atoms with Crippen LogP contribution in [0.3, 0.4) is 0 Å². The van der Waals surface area contributed by atoms with Gasteiger partial charge in [0.25, 0.3) is 6.47 Å². The number of nitrogens with one attached hydrogen (secondary N) is 1. The van der Waals surface area contributed by atoms with Gasteiger partial charge in [-0.1, -0.05) is 0 Å². The molecule has 0 aliphatic carbocycles. The lowest BCUT2D eigenvalue weighted by Crippen LogP contribution is -2.41. The molecule has 0 atom stereocenters. The topological polar surface area (TPSA) is 141 Å². The van der Waals surface area contributed by atoms with Crippen molar-refractivity contribution in [3.05, 3.63) is 66.4 Å². The number of fused-ring (bicyclic) bond motifs is 1. The second-order valence-corrected chi connectivity index (χ2v) is 8.84. The van der Waals surface area contributed by atoms with Gasteiger partial charge >= 0.3 is 0 Å². The predicted molar refractivity (Wildman–Crippen MR) is 139 cm³/mol. The summed E-state index contributed by atoms with van der Waals surface area (Å²) in [7, 11) is 4.29. The van der Waals surface area contributed by atoms with Crippen LogP contribution >= 0.6 is 0 Å². The van der Waals surface area contributed by atoms with E-state index in [0.717, 1.165) is 48.2 Å². The fraction of sp³-hybridized carbons (Fsp3) is 0.269. The van der Waals surface area contributed by atoms with E-state index in [2.05, 4.69) is 56.0 Å². The Morgan fingerprint density at radius 3 is 2.61 bits per heavy atom. The van der Waals surface area contributed by atoms with Gasteiger partial charge in [0.15, 0.2) is 5.82 Å². The lowest BCUT2D eigenvalue weighted by molar-refractivity contribution is -0.122. The number of anilines is 2. The quantitative estimate of drug-likeness (QED) is 0.286. The van der Waals surface area contributed by atoms with Crippen LogP contribution in [0, 0.1) is 0 Å². The Bertz CT molecular complexity index is 1360. The fourth-order valence-electron chi connectivity index (χ4n) is 4.41. The molecule has 0 unspecified atom stereocenters. The van der Waals surface area contributed by atoms with Gasteiger partial charge in [0, 0.05) is 54.5 Å².